The number of amides is 2. The number of carbonyl (C=O) groups is 2. The largest absolute Gasteiger partial charge is 0.503 e. The number of rotatable bonds is 3. The Morgan fingerprint density at radius 1 is 1.17 bits per heavy atom. The first-order chi connectivity index (χ1) is 14.3. The minimum Gasteiger partial charge on any atom is -0.503 e. The van der Waals surface area contributed by atoms with Crippen molar-refractivity contribution in [3.63, 3.8) is 0 Å². The van der Waals surface area contributed by atoms with Crippen LogP contribution < -0.4 is 10.7 Å². The maximum Gasteiger partial charge on any atom is 0.275 e. The zero-order chi connectivity index (χ0) is 21.3. The second-order valence-corrected chi connectivity index (χ2v) is 7.92. The molecular weight excluding hydrogens is 403 g/mol. The molecule has 1 atom stereocenters. The molecule has 4 aliphatic rings. The molecule has 2 saturated heterocycles. The van der Waals surface area contributed by atoms with E-state index in [0.717, 1.165) is 12.8 Å². The first-order valence-corrected chi connectivity index (χ1v) is 9.47. The molecule has 3 fully saturated rings. The molecular formula is C20H16F3N3O4. The van der Waals surface area contributed by atoms with E-state index in [1.54, 1.807) is 4.90 Å². The maximum atomic E-state index is 13.8. The number of halogens is 3. The topological polar surface area (TPSA) is 91.6 Å². The second kappa shape index (κ2) is 6.35. The molecule has 3 aliphatic heterocycles. The van der Waals surface area contributed by atoms with E-state index in [9.17, 15) is 32.7 Å². The molecule has 1 aromatic carbocycles. The fourth-order valence-electron chi connectivity index (χ4n) is 4.73. The highest BCUT2D eigenvalue weighted by molar-refractivity contribution is 5.99. The van der Waals surface area contributed by atoms with Crippen LogP contribution in [0.2, 0.25) is 0 Å². The third kappa shape index (κ3) is 2.55. The summed E-state index contributed by atoms with van der Waals surface area (Å²) in [6, 6.07) is 1.04. The van der Waals surface area contributed by atoms with E-state index in [2.05, 4.69) is 5.32 Å². The van der Waals surface area contributed by atoms with Gasteiger partial charge in [-0.15, -0.1) is 0 Å². The van der Waals surface area contributed by atoms with Crippen LogP contribution in [-0.2, 0) is 13.1 Å². The minimum absolute atomic E-state index is 0.0461. The molecule has 2 bridgehead atoms. The standard InChI is InChI=1S/C20H16F3N3O4/c21-9-3-13(22)11(14(23)4-9)5-24-19(29)12-6-25-7-15-8-1-10(2-8)26(15)20(30)16(25)18(28)17(12)27/h3-4,6,8,10,15,28H,1-2,5,7H2,(H,24,29)/t8?,10?,15-/m0/s1. The highest BCUT2D eigenvalue weighted by Gasteiger charge is 2.55. The number of fused-ring (bicyclic) bond motifs is 1. The number of nitrogens with zero attached hydrogens (tertiary/aromatic N) is 2. The summed E-state index contributed by atoms with van der Waals surface area (Å²) in [5.74, 6) is -5.33. The number of benzene rings is 1. The van der Waals surface area contributed by atoms with Crippen molar-refractivity contribution in [2.45, 2.75) is 38.0 Å². The highest BCUT2D eigenvalue weighted by atomic mass is 19.1. The van der Waals surface area contributed by atoms with Crippen LogP contribution in [0.1, 0.15) is 39.3 Å². The average molecular weight is 419 g/mol. The Morgan fingerprint density at radius 2 is 1.83 bits per heavy atom. The van der Waals surface area contributed by atoms with Crippen LogP contribution in [0.25, 0.3) is 0 Å². The van der Waals surface area contributed by atoms with E-state index >= 15 is 0 Å². The Labute approximate surface area is 167 Å². The van der Waals surface area contributed by atoms with Crippen LogP contribution in [0.15, 0.2) is 23.1 Å². The fraction of sp³-hybridized carbons (Fsp3) is 0.350. The summed E-state index contributed by atoms with van der Waals surface area (Å²) in [7, 11) is 0. The van der Waals surface area contributed by atoms with Crippen molar-refractivity contribution < 1.29 is 27.9 Å². The average Bonchev–Trinajstić information content (AvgIpc) is 3.18. The van der Waals surface area contributed by atoms with Gasteiger partial charge in [-0.3, -0.25) is 14.4 Å². The Balaban J connectivity index is 1.44. The van der Waals surface area contributed by atoms with E-state index in [1.807, 2.05) is 0 Å². The lowest BCUT2D eigenvalue weighted by atomic mass is 9.83. The first kappa shape index (κ1) is 18.7. The van der Waals surface area contributed by atoms with Crippen molar-refractivity contribution in [3.05, 3.63) is 62.8 Å². The lowest BCUT2D eigenvalue weighted by Crippen LogP contribution is -2.46. The van der Waals surface area contributed by atoms with E-state index in [4.69, 9.17) is 0 Å². The van der Waals surface area contributed by atoms with Gasteiger partial charge in [-0.05, 0) is 18.8 Å². The van der Waals surface area contributed by atoms with Gasteiger partial charge in [0.1, 0.15) is 23.0 Å². The van der Waals surface area contributed by atoms with Crippen LogP contribution in [0, 0.1) is 23.4 Å². The van der Waals surface area contributed by atoms with Gasteiger partial charge in [-0.25, -0.2) is 13.2 Å². The van der Waals surface area contributed by atoms with Gasteiger partial charge in [0.2, 0.25) is 5.43 Å². The van der Waals surface area contributed by atoms with Gasteiger partial charge in [0.25, 0.3) is 11.8 Å². The molecule has 2 aromatic rings. The number of aromatic hydroxyl groups is 1. The van der Waals surface area contributed by atoms with Gasteiger partial charge in [0.15, 0.2) is 11.4 Å². The molecule has 0 unspecified atom stereocenters. The number of aromatic nitrogens is 1. The Bertz CT molecular complexity index is 1150. The number of hydrogen-bond donors (Lipinski definition) is 2. The lowest BCUT2D eigenvalue weighted by molar-refractivity contribution is 0.0632. The second-order valence-electron chi connectivity index (χ2n) is 7.92. The number of nitrogens with one attached hydrogen (secondary N) is 1. The van der Waals surface area contributed by atoms with Crippen molar-refractivity contribution in [1.29, 1.82) is 0 Å². The predicted molar refractivity (Wildman–Crippen MR) is 96.3 cm³/mol. The third-order valence-electron chi connectivity index (χ3n) is 6.30. The highest BCUT2D eigenvalue weighted by Crippen LogP contribution is 2.49. The van der Waals surface area contributed by atoms with Gasteiger partial charge >= 0.3 is 0 Å². The summed E-state index contributed by atoms with van der Waals surface area (Å²) >= 11 is 0. The Kier molecular flexibility index (Phi) is 3.96. The molecule has 4 heterocycles. The molecule has 2 N–H and O–H groups in total. The zero-order valence-corrected chi connectivity index (χ0v) is 15.5. The molecule has 0 radical (unpaired) electrons. The molecule has 1 aromatic heterocycles. The third-order valence-corrected chi connectivity index (χ3v) is 6.30. The van der Waals surface area contributed by atoms with Crippen LogP contribution in [0.3, 0.4) is 0 Å². The molecule has 1 aliphatic carbocycles. The quantitative estimate of drug-likeness (QED) is 0.789. The molecule has 7 nitrogen and oxygen atoms in total. The zero-order valence-electron chi connectivity index (χ0n) is 15.5. The normalized spacial score (nSPS) is 23.6. The molecule has 6 rings (SSSR count). The van der Waals surface area contributed by atoms with Gasteiger partial charge < -0.3 is 19.9 Å². The summed E-state index contributed by atoms with van der Waals surface area (Å²) in [5.41, 5.74) is -2.22. The summed E-state index contributed by atoms with van der Waals surface area (Å²) < 4.78 is 41.9. The van der Waals surface area contributed by atoms with Crippen LogP contribution in [0.5, 0.6) is 5.75 Å². The Hall–Kier alpha value is -3.30. The molecule has 10 heteroatoms. The van der Waals surface area contributed by atoms with Crippen molar-refractivity contribution in [2.24, 2.45) is 5.92 Å². The minimum atomic E-state index is -1.18. The first-order valence-electron chi connectivity index (χ1n) is 9.47. The van der Waals surface area contributed by atoms with Gasteiger partial charge in [0, 0.05) is 43.0 Å². The van der Waals surface area contributed by atoms with Gasteiger partial charge in [0.05, 0.1) is 6.04 Å². The predicted octanol–water partition coefficient (Wildman–Crippen LogP) is 1.52. The van der Waals surface area contributed by atoms with Crippen molar-refractivity contribution in [1.82, 2.24) is 14.8 Å². The molecule has 2 amide bonds. The van der Waals surface area contributed by atoms with Crippen LogP contribution in [0.4, 0.5) is 13.2 Å². The van der Waals surface area contributed by atoms with Crippen LogP contribution >= 0.6 is 0 Å². The number of hydrogen-bond acceptors (Lipinski definition) is 4. The smallest absolute Gasteiger partial charge is 0.275 e. The summed E-state index contributed by atoms with van der Waals surface area (Å²) in [4.78, 5) is 39.5. The lowest BCUT2D eigenvalue weighted by Gasteiger charge is -2.33. The van der Waals surface area contributed by atoms with E-state index in [-0.39, 0.29) is 17.8 Å². The van der Waals surface area contributed by atoms with E-state index in [0.29, 0.717) is 24.6 Å². The van der Waals surface area contributed by atoms with Crippen molar-refractivity contribution in [3.8, 4) is 5.75 Å². The summed E-state index contributed by atoms with van der Waals surface area (Å²) in [6.07, 6.45) is 2.96. The number of pyridine rings is 1. The molecule has 30 heavy (non-hydrogen) atoms. The Morgan fingerprint density at radius 3 is 2.50 bits per heavy atom. The fourth-order valence-corrected chi connectivity index (χ4v) is 4.73. The summed E-state index contributed by atoms with van der Waals surface area (Å²) in [6.45, 7) is -0.282. The molecule has 0 spiro atoms. The SMILES string of the molecule is O=C(NCc1c(F)cc(F)cc1F)c1cn2c(c(O)c1=O)C(=O)N1C3CC(C3)[C@@H]1C2. The van der Waals surface area contributed by atoms with Gasteiger partial charge in [-0.2, -0.15) is 0 Å². The van der Waals surface area contributed by atoms with Crippen LogP contribution in [-0.4, -0.2) is 38.5 Å². The number of carbonyl (C=O) groups excluding carboxylic acids is 2. The monoisotopic (exact) mass is 419 g/mol. The van der Waals surface area contributed by atoms with E-state index in [1.165, 1.54) is 10.8 Å². The molecule has 1 saturated carbocycles. The van der Waals surface area contributed by atoms with Gasteiger partial charge in [-0.1, -0.05) is 0 Å². The van der Waals surface area contributed by atoms with Crippen molar-refractivity contribution in [2.75, 3.05) is 0 Å². The maximum absolute atomic E-state index is 13.8. The molecule has 156 valence electrons. The van der Waals surface area contributed by atoms with Crippen molar-refractivity contribution >= 4 is 11.8 Å². The summed E-state index contributed by atoms with van der Waals surface area (Å²) in [5, 5.41) is 12.5. The van der Waals surface area contributed by atoms with E-state index < -0.39 is 58.1 Å².